The summed E-state index contributed by atoms with van der Waals surface area (Å²) in [6.07, 6.45) is 1.65. The van der Waals surface area contributed by atoms with Crippen molar-refractivity contribution in [3.63, 3.8) is 0 Å². The minimum atomic E-state index is -0.220. The summed E-state index contributed by atoms with van der Waals surface area (Å²) < 4.78 is 21.4. The van der Waals surface area contributed by atoms with Crippen LogP contribution in [0.15, 0.2) is 36.5 Å². The fourth-order valence-corrected chi connectivity index (χ4v) is 2.96. The number of amides is 1. The Morgan fingerprint density at radius 2 is 1.67 bits per heavy atom. The monoisotopic (exact) mass is 370 g/mol. The minimum Gasteiger partial charge on any atom is -0.497 e. The van der Waals surface area contributed by atoms with Gasteiger partial charge in [-0.2, -0.15) is 0 Å². The largest absolute Gasteiger partial charge is 0.497 e. The molecule has 7 heteroatoms. The van der Waals surface area contributed by atoms with Crippen molar-refractivity contribution in [3.8, 4) is 23.0 Å². The molecule has 0 atom stereocenters. The van der Waals surface area contributed by atoms with Crippen molar-refractivity contribution in [2.75, 3.05) is 28.4 Å². The summed E-state index contributed by atoms with van der Waals surface area (Å²) in [4.78, 5) is 15.8. The molecule has 1 aromatic heterocycles. The maximum Gasteiger partial charge on any atom is 0.253 e. The van der Waals surface area contributed by atoms with E-state index in [4.69, 9.17) is 18.9 Å². The van der Waals surface area contributed by atoms with Crippen LogP contribution in [0.4, 0.5) is 0 Å². The molecular formula is C20H22N2O5. The molecule has 0 saturated carbocycles. The molecule has 0 bridgehead atoms. The summed E-state index contributed by atoms with van der Waals surface area (Å²) in [5, 5.41) is 3.56. The first kappa shape index (κ1) is 18.4. The highest BCUT2D eigenvalue weighted by Gasteiger charge is 2.22. The van der Waals surface area contributed by atoms with E-state index in [0.717, 1.165) is 16.8 Å². The SMILES string of the molecule is COc1ccc(CNC(=O)c2c[nH]c3cc(OC)c(OC)c(OC)c23)cc1. The van der Waals surface area contributed by atoms with E-state index < -0.39 is 0 Å². The van der Waals surface area contributed by atoms with E-state index in [1.54, 1.807) is 26.5 Å². The van der Waals surface area contributed by atoms with Crippen LogP contribution in [0, 0.1) is 0 Å². The minimum absolute atomic E-state index is 0.220. The molecule has 0 radical (unpaired) electrons. The normalized spacial score (nSPS) is 10.5. The zero-order chi connectivity index (χ0) is 19.4. The van der Waals surface area contributed by atoms with Crippen molar-refractivity contribution < 1.29 is 23.7 Å². The first-order valence-electron chi connectivity index (χ1n) is 8.34. The number of aromatic amines is 1. The Bertz CT molecular complexity index is 947. The standard InChI is InChI=1S/C20H22N2O5/c1-24-13-7-5-12(6-8-13)10-22-20(23)14-11-21-15-9-16(25-2)18(26-3)19(27-4)17(14)15/h5-9,11,21H,10H2,1-4H3,(H,22,23). The second-order valence-electron chi connectivity index (χ2n) is 5.80. The zero-order valence-corrected chi connectivity index (χ0v) is 15.7. The van der Waals surface area contributed by atoms with Crippen molar-refractivity contribution in [2.45, 2.75) is 6.54 Å². The Morgan fingerprint density at radius 1 is 0.963 bits per heavy atom. The highest BCUT2D eigenvalue weighted by atomic mass is 16.5. The lowest BCUT2D eigenvalue weighted by molar-refractivity contribution is 0.0952. The molecule has 2 N–H and O–H groups in total. The van der Waals surface area contributed by atoms with Gasteiger partial charge in [0.05, 0.1) is 44.9 Å². The van der Waals surface area contributed by atoms with Gasteiger partial charge in [0, 0.05) is 18.8 Å². The molecule has 1 heterocycles. The van der Waals surface area contributed by atoms with Gasteiger partial charge in [-0.15, -0.1) is 0 Å². The second kappa shape index (κ2) is 7.90. The van der Waals surface area contributed by atoms with Crippen LogP contribution in [0.5, 0.6) is 23.0 Å². The number of hydrogen-bond donors (Lipinski definition) is 2. The number of fused-ring (bicyclic) bond motifs is 1. The molecule has 3 rings (SSSR count). The molecule has 3 aromatic rings. The molecule has 0 saturated heterocycles. The van der Waals surface area contributed by atoms with Crippen LogP contribution in [0.25, 0.3) is 10.9 Å². The smallest absolute Gasteiger partial charge is 0.253 e. The van der Waals surface area contributed by atoms with Gasteiger partial charge >= 0.3 is 0 Å². The topological polar surface area (TPSA) is 81.8 Å². The lowest BCUT2D eigenvalue weighted by Gasteiger charge is -2.14. The summed E-state index contributed by atoms with van der Waals surface area (Å²) in [5.41, 5.74) is 2.16. The maximum absolute atomic E-state index is 12.8. The molecule has 27 heavy (non-hydrogen) atoms. The van der Waals surface area contributed by atoms with Crippen LogP contribution >= 0.6 is 0 Å². The third-order valence-corrected chi connectivity index (χ3v) is 4.33. The van der Waals surface area contributed by atoms with Gasteiger partial charge in [-0.1, -0.05) is 12.1 Å². The highest BCUT2D eigenvalue weighted by molar-refractivity contribution is 6.10. The fraction of sp³-hybridized carbons (Fsp3) is 0.250. The molecule has 7 nitrogen and oxygen atoms in total. The number of ether oxygens (including phenoxy) is 4. The van der Waals surface area contributed by atoms with Crippen LogP contribution in [0.2, 0.25) is 0 Å². The number of benzene rings is 2. The maximum atomic E-state index is 12.8. The van der Waals surface area contributed by atoms with Crippen molar-refractivity contribution in [1.82, 2.24) is 10.3 Å². The van der Waals surface area contributed by atoms with E-state index >= 15 is 0 Å². The average Bonchev–Trinajstić information content (AvgIpc) is 3.14. The quantitative estimate of drug-likeness (QED) is 0.668. The van der Waals surface area contributed by atoms with Crippen LogP contribution in [0.1, 0.15) is 15.9 Å². The van der Waals surface area contributed by atoms with Crippen LogP contribution < -0.4 is 24.3 Å². The molecule has 0 aliphatic rings. The van der Waals surface area contributed by atoms with Crippen LogP contribution in [-0.4, -0.2) is 39.3 Å². The van der Waals surface area contributed by atoms with Gasteiger partial charge in [0.2, 0.25) is 5.75 Å². The van der Waals surface area contributed by atoms with Gasteiger partial charge in [-0.05, 0) is 17.7 Å². The van der Waals surface area contributed by atoms with Crippen LogP contribution in [-0.2, 0) is 6.54 Å². The molecule has 0 spiro atoms. The van der Waals surface area contributed by atoms with Gasteiger partial charge in [0.1, 0.15) is 5.75 Å². The number of H-pyrrole nitrogens is 1. The molecule has 0 fully saturated rings. The number of aromatic nitrogens is 1. The van der Waals surface area contributed by atoms with Gasteiger partial charge in [-0.3, -0.25) is 4.79 Å². The predicted octanol–water partition coefficient (Wildman–Crippen LogP) is 3.13. The van der Waals surface area contributed by atoms with E-state index in [-0.39, 0.29) is 5.91 Å². The van der Waals surface area contributed by atoms with E-state index in [1.165, 1.54) is 14.2 Å². The number of carbonyl (C=O) groups excluding carboxylic acids is 1. The summed E-state index contributed by atoms with van der Waals surface area (Å²) in [5.74, 6) is 1.96. The number of carbonyl (C=O) groups is 1. The van der Waals surface area contributed by atoms with Crippen LogP contribution in [0.3, 0.4) is 0 Å². The third kappa shape index (κ3) is 3.48. The third-order valence-electron chi connectivity index (χ3n) is 4.33. The van der Waals surface area contributed by atoms with Gasteiger partial charge < -0.3 is 29.2 Å². The van der Waals surface area contributed by atoms with Gasteiger partial charge in [0.15, 0.2) is 11.5 Å². The molecule has 0 unspecified atom stereocenters. The average molecular weight is 370 g/mol. The van der Waals surface area contributed by atoms with Crippen molar-refractivity contribution >= 4 is 16.8 Å². The van der Waals surface area contributed by atoms with E-state index in [0.29, 0.717) is 34.7 Å². The van der Waals surface area contributed by atoms with Crippen molar-refractivity contribution in [1.29, 1.82) is 0 Å². The molecular weight excluding hydrogens is 348 g/mol. The number of hydrogen-bond acceptors (Lipinski definition) is 5. The first-order valence-corrected chi connectivity index (χ1v) is 8.34. The Labute approximate surface area is 157 Å². The number of rotatable bonds is 7. The van der Waals surface area contributed by atoms with E-state index in [1.807, 2.05) is 24.3 Å². The Kier molecular flexibility index (Phi) is 5.40. The van der Waals surface area contributed by atoms with Crippen molar-refractivity contribution in [3.05, 3.63) is 47.7 Å². The van der Waals surface area contributed by atoms with E-state index in [9.17, 15) is 4.79 Å². The highest BCUT2D eigenvalue weighted by Crippen LogP contribution is 2.44. The molecule has 1 amide bonds. The molecule has 2 aromatic carbocycles. The van der Waals surface area contributed by atoms with Crippen molar-refractivity contribution in [2.24, 2.45) is 0 Å². The lowest BCUT2D eigenvalue weighted by atomic mass is 10.1. The second-order valence-corrected chi connectivity index (χ2v) is 5.80. The molecule has 0 aliphatic carbocycles. The van der Waals surface area contributed by atoms with E-state index in [2.05, 4.69) is 10.3 Å². The summed E-state index contributed by atoms with van der Waals surface area (Å²) >= 11 is 0. The van der Waals surface area contributed by atoms with Gasteiger partial charge in [0.25, 0.3) is 5.91 Å². The fourth-order valence-electron chi connectivity index (χ4n) is 2.96. The molecule has 142 valence electrons. The number of nitrogens with one attached hydrogen (secondary N) is 2. The summed E-state index contributed by atoms with van der Waals surface area (Å²) in [7, 11) is 6.23. The molecule has 0 aliphatic heterocycles. The Hall–Kier alpha value is -3.35. The summed E-state index contributed by atoms with van der Waals surface area (Å²) in [6.45, 7) is 0.394. The Balaban J connectivity index is 1.90. The summed E-state index contributed by atoms with van der Waals surface area (Å²) in [6, 6.07) is 9.29. The first-order chi connectivity index (χ1) is 13.1. The predicted molar refractivity (Wildman–Crippen MR) is 102 cm³/mol. The van der Waals surface area contributed by atoms with Gasteiger partial charge in [-0.25, -0.2) is 0 Å². The Morgan fingerprint density at radius 3 is 2.26 bits per heavy atom. The lowest BCUT2D eigenvalue weighted by Crippen LogP contribution is -2.22. The zero-order valence-electron chi connectivity index (χ0n) is 15.7. The number of methoxy groups -OCH3 is 4.